The number of benzene rings is 1. The van der Waals surface area contributed by atoms with E-state index in [1.54, 1.807) is 19.2 Å². The molecule has 0 radical (unpaired) electrons. The van der Waals surface area contributed by atoms with E-state index in [0.717, 1.165) is 11.3 Å². The summed E-state index contributed by atoms with van der Waals surface area (Å²) >= 11 is 0. The predicted octanol–water partition coefficient (Wildman–Crippen LogP) is 1.75. The molecule has 7 nitrogen and oxygen atoms in total. The van der Waals surface area contributed by atoms with Gasteiger partial charge in [-0.05, 0) is 29.8 Å². The number of sulfonamides is 1. The van der Waals surface area contributed by atoms with Crippen LogP contribution in [0.15, 0.2) is 47.5 Å². The maximum atomic E-state index is 12.6. The van der Waals surface area contributed by atoms with Gasteiger partial charge in [-0.3, -0.25) is 0 Å². The lowest BCUT2D eigenvalue weighted by Gasteiger charge is -2.26. The van der Waals surface area contributed by atoms with E-state index in [-0.39, 0.29) is 4.90 Å². The van der Waals surface area contributed by atoms with Crippen LogP contribution < -0.4 is 9.64 Å². The number of methoxy groups -OCH3 is 1. The Morgan fingerprint density at radius 1 is 1.23 bits per heavy atom. The Morgan fingerprint density at radius 2 is 2.00 bits per heavy atom. The predicted molar refractivity (Wildman–Crippen MR) is 98.9 cm³/mol. The second kappa shape index (κ2) is 8.03. The lowest BCUT2D eigenvalue weighted by Crippen LogP contribution is -2.40. The number of rotatable bonds is 6. The average Bonchev–Trinajstić information content (AvgIpc) is 2.69. The average molecular weight is 377 g/mol. The second-order valence-electron chi connectivity index (χ2n) is 6.08. The summed E-state index contributed by atoms with van der Waals surface area (Å²) < 4.78 is 37.2. The molecule has 3 rings (SSSR count). The van der Waals surface area contributed by atoms with Gasteiger partial charge < -0.3 is 14.4 Å². The molecule has 0 N–H and O–H groups in total. The highest BCUT2D eigenvalue weighted by molar-refractivity contribution is 7.89. The van der Waals surface area contributed by atoms with Crippen LogP contribution in [0.2, 0.25) is 0 Å². The van der Waals surface area contributed by atoms with Gasteiger partial charge in [-0.15, -0.1) is 0 Å². The third-order valence-corrected chi connectivity index (χ3v) is 6.16. The largest absolute Gasteiger partial charge is 0.497 e. The van der Waals surface area contributed by atoms with Crippen LogP contribution in [0, 0.1) is 0 Å². The molecule has 1 saturated heterocycles. The van der Waals surface area contributed by atoms with Crippen molar-refractivity contribution in [2.75, 3.05) is 45.4 Å². The van der Waals surface area contributed by atoms with Crippen LogP contribution in [0.3, 0.4) is 0 Å². The molecule has 140 valence electrons. The van der Waals surface area contributed by atoms with Gasteiger partial charge in [0.25, 0.3) is 0 Å². The summed E-state index contributed by atoms with van der Waals surface area (Å²) in [7, 11) is 0.0350. The van der Waals surface area contributed by atoms with Crippen molar-refractivity contribution in [1.82, 2.24) is 9.29 Å². The Labute approximate surface area is 154 Å². The van der Waals surface area contributed by atoms with Gasteiger partial charge in [-0.1, -0.05) is 12.1 Å². The van der Waals surface area contributed by atoms with Crippen LogP contribution in [0.1, 0.15) is 5.56 Å². The number of hydrogen-bond acceptors (Lipinski definition) is 6. The minimum atomic E-state index is -3.52. The van der Waals surface area contributed by atoms with Crippen molar-refractivity contribution < 1.29 is 17.9 Å². The molecule has 0 atom stereocenters. The van der Waals surface area contributed by atoms with E-state index in [4.69, 9.17) is 9.47 Å². The highest BCUT2D eigenvalue weighted by Crippen LogP contribution is 2.20. The molecular weight excluding hydrogens is 354 g/mol. The molecule has 1 aromatic heterocycles. The molecule has 1 aromatic carbocycles. The first-order chi connectivity index (χ1) is 12.5. The smallest absolute Gasteiger partial charge is 0.244 e. The zero-order chi connectivity index (χ0) is 18.6. The maximum Gasteiger partial charge on any atom is 0.244 e. The molecule has 8 heteroatoms. The van der Waals surface area contributed by atoms with E-state index in [1.807, 2.05) is 36.2 Å². The molecule has 1 aliphatic heterocycles. The number of aromatic nitrogens is 1. The number of morpholine rings is 1. The van der Waals surface area contributed by atoms with Gasteiger partial charge in [0.2, 0.25) is 10.0 Å². The first-order valence-corrected chi connectivity index (χ1v) is 9.83. The molecule has 0 amide bonds. The van der Waals surface area contributed by atoms with Crippen molar-refractivity contribution in [1.29, 1.82) is 0 Å². The van der Waals surface area contributed by atoms with Crippen molar-refractivity contribution in [2.24, 2.45) is 0 Å². The van der Waals surface area contributed by atoms with Gasteiger partial charge in [0, 0.05) is 32.9 Å². The summed E-state index contributed by atoms with van der Waals surface area (Å²) in [5.74, 6) is 1.50. The molecule has 0 bridgehead atoms. The van der Waals surface area contributed by atoms with Crippen LogP contribution in [0.25, 0.3) is 0 Å². The number of anilines is 1. The standard InChI is InChI=1S/C18H23N3O4S/c1-20(14-15-4-3-5-16(12-15)24-2)18-7-6-17(13-19-18)26(22,23)21-8-10-25-11-9-21/h3-7,12-13H,8-11,14H2,1-2H3. The molecule has 1 fully saturated rings. The van der Waals surface area contributed by atoms with E-state index >= 15 is 0 Å². The van der Waals surface area contributed by atoms with Crippen molar-refractivity contribution in [3.63, 3.8) is 0 Å². The van der Waals surface area contributed by atoms with E-state index in [0.29, 0.717) is 38.7 Å². The number of ether oxygens (including phenoxy) is 2. The van der Waals surface area contributed by atoms with Gasteiger partial charge in [0.15, 0.2) is 0 Å². The third kappa shape index (κ3) is 4.14. The summed E-state index contributed by atoms with van der Waals surface area (Å²) in [4.78, 5) is 6.50. The summed E-state index contributed by atoms with van der Waals surface area (Å²) in [6.45, 7) is 2.24. The minimum Gasteiger partial charge on any atom is -0.497 e. The van der Waals surface area contributed by atoms with Gasteiger partial charge in [0.05, 0.1) is 20.3 Å². The molecule has 0 unspecified atom stereocenters. The molecule has 0 aliphatic carbocycles. The number of hydrogen-bond donors (Lipinski definition) is 0. The van der Waals surface area contributed by atoms with Crippen molar-refractivity contribution >= 4 is 15.8 Å². The van der Waals surface area contributed by atoms with Crippen LogP contribution in [0.5, 0.6) is 5.75 Å². The van der Waals surface area contributed by atoms with Crippen LogP contribution >= 0.6 is 0 Å². The van der Waals surface area contributed by atoms with Gasteiger partial charge in [-0.2, -0.15) is 4.31 Å². The first-order valence-electron chi connectivity index (χ1n) is 8.39. The lowest BCUT2D eigenvalue weighted by atomic mass is 10.2. The summed E-state index contributed by atoms with van der Waals surface area (Å²) in [6.07, 6.45) is 1.42. The first kappa shape index (κ1) is 18.6. The molecule has 0 spiro atoms. The number of nitrogens with zero attached hydrogens (tertiary/aromatic N) is 3. The third-order valence-electron chi connectivity index (χ3n) is 4.27. The highest BCUT2D eigenvalue weighted by Gasteiger charge is 2.26. The zero-order valence-corrected chi connectivity index (χ0v) is 15.8. The molecule has 0 saturated carbocycles. The summed E-state index contributed by atoms with van der Waals surface area (Å²) in [5, 5.41) is 0. The topological polar surface area (TPSA) is 72.0 Å². The van der Waals surface area contributed by atoms with Crippen molar-refractivity contribution in [2.45, 2.75) is 11.4 Å². The second-order valence-corrected chi connectivity index (χ2v) is 8.01. The Bertz CT molecular complexity index is 834. The fourth-order valence-electron chi connectivity index (χ4n) is 2.81. The Balaban J connectivity index is 1.72. The maximum absolute atomic E-state index is 12.6. The normalized spacial score (nSPS) is 15.6. The molecule has 26 heavy (non-hydrogen) atoms. The van der Waals surface area contributed by atoms with Crippen LogP contribution in [0.4, 0.5) is 5.82 Å². The van der Waals surface area contributed by atoms with Crippen molar-refractivity contribution in [3.8, 4) is 5.75 Å². The molecule has 2 heterocycles. The van der Waals surface area contributed by atoms with E-state index in [1.165, 1.54) is 10.5 Å². The SMILES string of the molecule is COc1cccc(CN(C)c2ccc(S(=O)(=O)N3CCOCC3)cn2)c1. The fourth-order valence-corrected chi connectivity index (χ4v) is 4.17. The Hall–Kier alpha value is -2.16. The van der Waals surface area contributed by atoms with E-state index in [9.17, 15) is 8.42 Å². The Morgan fingerprint density at radius 3 is 2.65 bits per heavy atom. The lowest BCUT2D eigenvalue weighted by molar-refractivity contribution is 0.0730. The quantitative estimate of drug-likeness (QED) is 0.764. The van der Waals surface area contributed by atoms with E-state index in [2.05, 4.69) is 4.98 Å². The minimum absolute atomic E-state index is 0.206. The highest BCUT2D eigenvalue weighted by atomic mass is 32.2. The summed E-state index contributed by atoms with van der Waals surface area (Å²) in [6, 6.07) is 11.1. The molecule has 1 aliphatic rings. The summed E-state index contributed by atoms with van der Waals surface area (Å²) in [5.41, 5.74) is 1.08. The fraction of sp³-hybridized carbons (Fsp3) is 0.389. The van der Waals surface area contributed by atoms with E-state index < -0.39 is 10.0 Å². The molecule has 2 aromatic rings. The van der Waals surface area contributed by atoms with Gasteiger partial charge in [0.1, 0.15) is 16.5 Å². The van der Waals surface area contributed by atoms with Gasteiger partial charge >= 0.3 is 0 Å². The zero-order valence-electron chi connectivity index (χ0n) is 15.0. The van der Waals surface area contributed by atoms with Crippen LogP contribution in [-0.2, 0) is 21.3 Å². The molecular formula is C18H23N3O4S. The van der Waals surface area contributed by atoms with Gasteiger partial charge in [-0.25, -0.2) is 13.4 Å². The Kier molecular flexibility index (Phi) is 5.75. The van der Waals surface area contributed by atoms with Crippen molar-refractivity contribution in [3.05, 3.63) is 48.2 Å². The monoisotopic (exact) mass is 377 g/mol. The van der Waals surface area contributed by atoms with Crippen LogP contribution in [-0.4, -0.2) is 58.2 Å². The number of pyridine rings is 1.